The topological polar surface area (TPSA) is 67.7 Å². The van der Waals surface area contributed by atoms with Crippen molar-refractivity contribution < 1.29 is 14.3 Å². The molecule has 0 aliphatic heterocycles. The second kappa shape index (κ2) is 5.28. The number of imidazole rings is 1. The molecule has 3 heterocycles. The highest BCUT2D eigenvalue weighted by Gasteiger charge is 2.15. The molecular weight excluding hydrogens is 292 g/mol. The van der Waals surface area contributed by atoms with Crippen molar-refractivity contribution in [3.63, 3.8) is 0 Å². The minimum absolute atomic E-state index is 0.282. The predicted molar refractivity (Wildman–Crippen MR) is 85.8 cm³/mol. The Labute approximate surface area is 131 Å². The van der Waals surface area contributed by atoms with E-state index in [-0.39, 0.29) is 5.69 Å². The lowest BCUT2D eigenvalue weighted by Gasteiger charge is -2.09. The van der Waals surface area contributed by atoms with Crippen molar-refractivity contribution in [1.82, 2.24) is 9.38 Å². The van der Waals surface area contributed by atoms with Crippen LogP contribution in [0.15, 0.2) is 59.5 Å². The summed E-state index contributed by atoms with van der Waals surface area (Å²) in [5, 5.41) is 10.6. The molecule has 3 aromatic heterocycles. The molecule has 23 heavy (non-hydrogen) atoms. The molecule has 0 aliphatic carbocycles. The fraction of sp³-hybridized carbons (Fsp3) is 0.111. The number of carboxylic acid groups (broad SMARTS) is 1. The lowest BCUT2D eigenvalue weighted by Crippen LogP contribution is -2.10. The van der Waals surface area contributed by atoms with Gasteiger partial charge in [-0.3, -0.25) is 4.40 Å². The Hall–Kier alpha value is -3.08. The molecule has 4 rings (SSSR count). The highest BCUT2D eigenvalue weighted by Crippen LogP contribution is 2.20. The molecule has 0 unspecified atom stereocenters. The van der Waals surface area contributed by atoms with E-state index in [9.17, 15) is 9.90 Å². The van der Waals surface area contributed by atoms with E-state index in [2.05, 4.69) is 11.1 Å². The normalized spacial score (nSPS) is 11.3. The Morgan fingerprint density at radius 2 is 2.09 bits per heavy atom. The number of fused-ring (bicyclic) bond motifs is 2. The van der Waals surface area contributed by atoms with Gasteiger partial charge in [0, 0.05) is 17.8 Å². The lowest BCUT2D eigenvalue weighted by molar-refractivity contribution is 0.0687. The van der Waals surface area contributed by atoms with Crippen LogP contribution in [-0.2, 0) is 12.8 Å². The molecule has 114 valence electrons. The van der Waals surface area contributed by atoms with Crippen molar-refractivity contribution in [3.05, 3.63) is 71.9 Å². The van der Waals surface area contributed by atoms with Crippen LogP contribution >= 0.6 is 0 Å². The second-order valence-electron chi connectivity index (χ2n) is 5.46. The van der Waals surface area contributed by atoms with Gasteiger partial charge in [-0.05, 0) is 48.2 Å². The Morgan fingerprint density at radius 1 is 1.17 bits per heavy atom. The molecule has 0 atom stereocenters. The van der Waals surface area contributed by atoms with E-state index in [0.29, 0.717) is 12.1 Å². The van der Waals surface area contributed by atoms with Crippen LogP contribution in [0.4, 0.5) is 0 Å². The van der Waals surface area contributed by atoms with E-state index >= 15 is 0 Å². The fourth-order valence-electron chi connectivity index (χ4n) is 2.93. The molecule has 5 nitrogen and oxygen atoms in total. The van der Waals surface area contributed by atoms with Crippen molar-refractivity contribution >= 4 is 22.6 Å². The third-order valence-corrected chi connectivity index (χ3v) is 4.05. The van der Waals surface area contributed by atoms with Gasteiger partial charge >= 0.3 is 5.97 Å². The first-order valence-electron chi connectivity index (χ1n) is 7.37. The summed E-state index contributed by atoms with van der Waals surface area (Å²) in [5.74, 6) is -0.936. The summed E-state index contributed by atoms with van der Waals surface area (Å²) in [6.07, 6.45) is 6.38. The molecule has 4 aromatic rings. The maximum atomic E-state index is 11.6. The summed E-state index contributed by atoms with van der Waals surface area (Å²) >= 11 is 0. The molecule has 1 N–H and O–H groups in total. The number of benzene rings is 1. The Kier molecular flexibility index (Phi) is 3.12. The summed E-state index contributed by atoms with van der Waals surface area (Å²) in [4.78, 5) is 15.8. The van der Waals surface area contributed by atoms with Crippen LogP contribution in [0.5, 0.6) is 0 Å². The minimum Gasteiger partial charge on any atom is -0.477 e. The van der Waals surface area contributed by atoms with E-state index in [1.807, 2.05) is 30.3 Å². The minimum atomic E-state index is -0.936. The molecule has 0 spiro atoms. The van der Waals surface area contributed by atoms with Crippen LogP contribution in [-0.4, -0.2) is 20.5 Å². The highest BCUT2D eigenvalue weighted by molar-refractivity contribution is 5.88. The fourth-order valence-corrected chi connectivity index (χ4v) is 2.93. The third kappa shape index (κ3) is 2.36. The number of hydrogen-bond donors (Lipinski definition) is 1. The molecular formula is C18H14N2O3. The Morgan fingerprint density at radius 3 is 2.96 bits per heavy atom. The molecule has 0 amide bonds. The molecule has 0 aliphatic rings. The van der Waals surface area contributed by atoms with E-state index in [1.165, 1.54) is 0 Å². The van der Waals surface area contributed by atoms with Crippen LogP contribution < -0.4 is 0 Å². The van der Waals surface area contributed by atoms with Crippen molar-refractivity contribution in [2.45, 2.75) is 12.8 Å². The first-order chi connectivity index (χ1) is 11.2. The maximum absolute atomic E-state index is 11.6. The summed E-state index contributed by atoms with van der Waals surface area (Å²) in [6.45, 7) is 0. The largest absolute Gasteiger partial charge is 0.477 e. The van der Waals surface area contributed by atoms with Gasteiger partial charge in [-0.25, -0.2) is 9.78 Å². The molecule has 0 fully saturated rings. The summed E-state index contributed by atoms with van der Waals surface area (Å²) in [5.41, 5.74) is 3.74. The second-order valence-corrected chi connectivity index (χ2v) is 5.46. The quantitative estimate of drug-likeness (QED) is 0.626. The number of pyridine rings is 1. The number of nitrogens with zero attached hydrogens (tertiary/aromatic N) is 2. The van der Waals surface area contributed by atoms with Crippen molar-refractivity contribution in [1.29, 1.82) is 0 Å². The standard InChI is InChI=1S/C18H14N2O3/c21-18(22)17-13(4-6-16-19-8-9-20(16)17)3-1-12-2-5-15-14(11-12)7-10-23-15/h2,4-11H,1,3H2,(H,21,22). The average molecular weight is 306 g/mol. The smallest absolute Gasteiger partial charge is 0.353 e. The van der Waals surface area contributed by atoms with Gasteiger partial charge in [0.1, 0.15) is 16.9 Å². The highest BCUT2D eigenvalue weighted by atomic mass is 16.4. The summed E-state index contributed by atoms with van der Waals surface area (Å²) < 4.78 is 6.96. The molecule has 0 saturated heterocycles. The average Bonchev–Trinajstić information content (AvgIpc) is 3.19. The summed E-state index contributed by atoms with van der Waals surface area (Å²) in [6, 6.07) is 11.7. The van der Waals surface area contributed by atoms with Gasteiger partial charge < -0.3 is 9.52 Å². The Balaban J connectivity index is 1.66. The first-order valence-corrected chi connectivity index (χ1v) is 7.37. The first kappa shape index (κ1) is 13.6. The zero-order valence-electron chi connectivity index (χ0n) is 12.3. The van der Waals surface area contributed by atoms with Gasteiger partial charge in [0.15, 0.2) is 0 Å². The van der Waals surface area contributed by atoms with Gasteiger partial charge in [-0.15, -0.1) is 0 Å². The molecule has 0 bridgehead atoms. The zero-order chi connectivity index (χ0) is 15.8. The number of aromatic nitrogens is 2. The van der Waals surface area contributed by atoms with Crippen molar-refractivity contribution in [3.8, 4) is 0 Å². The molecule has 0 saturated carbocycles. The van der Waals surface area contributed by atoms with Crippen LogP contribution in [0.2, 0.25) is 0 Å². The van der Waals surface area contributed by atoms with Crippen LogP contribution in [0.25, 0.3) is 16.6 Å². The van der Waals surface area contributed by atoms with E-state index in [4.69, 9.17) is 4.42 Å². The lowest BCUT2D eigenvalue weighted by atomic mass is 10.0. The number of aryl methyl sites for hydroxylation is 2. The van der Waals surface area contributed by atoms with Crippen LogP contribution in [0.3, 0.4) is 0 Å². The number of hydrogen-bond acceptors (Lipinski definition) is 3. The molecule has 5 heteroatoms. The maximum Gasteiger partial charge on any atom is 0.353 e. The van der Waals surface area contributed by atoms with E-state index in [0.717, 1.165) is 28.5 Å². The Bertz CT molecular complexity index is 1010. The monoisotopic (exact) mass is 306 g/mol. The van der Waals surface area contributed by atoms with Crippen molar-refractivity contribution in [2.75, 3.05) is 0 Å². The third-order valence-electron chi connectivity index (χ3n) is 4.05. The van der Waals surface area contributed by atoms with E-state index in [1.54, 1.807) is 23.1 Å². The molecule has 1 aromatic carbocycles. The number of carbonyl (C=O) groups is 1. The van der Waals surface area contributed by atoms with Gasteiger partial charge in [-0.1, -0.05) is 12.1 Å². The number of carboxylic acids is 1. The summed E-state index contributed by atoms with van der Waals surface area (Å²) in [7, 11) is 0. The van der Waals surface area contributed by atoms with Gasteiger partial charge in [0.05, 0.1) is 6.26 Å². The zero-order valence-corrected chi connectivity index (χ0v) is 12.3. The van der Waals surface area contributed by atoms with Gasteiger partial charge in [0.25, 0.3) is 0 Å². The SMILES string of the molecule is O=C(O)c1c(CCc2ccc3occc3c2)ccc2nccn12. The molecule has 0 radical (unpaired) electrons. The van der Waals surface area contributed by atoms with Crippen molar-refractivity contribution in [2.24, 2.45) is 0 Å². The number of aromatic carboxylic acids is 1. The number of rotatable bonds is 4. The van der Waals surface area contributed by atoms with Gasteiger partial charge in [-0.2, -0.15) is 0 Å². The predicted octanol–water partition coefficient (Wildman–Crippen LogP) is 3.56. The van der Waals surface area contributed by atoms with Gasteiger partial charge in [0.2, 0.25) is 0 Å². The van der Waals surface area contributed by atoms with Crippen LogP contribution in [0, 0.1) is 0 Å². The van der Waals surface area contributed by atoms with Crippen LogP contribution in [0.1, 0.15) is 21.6 Å². The number of furan rings is 1. The van der Waals surface area contributed by atoms with E-state index < -0.39 is 5.97 Å².